The Bertz CT molecular complexity index is 1430. The lowest BCUT2D eigenvalue weighted by atomic mass is 10.1. The number of pyridine rings is 1. The lowest BCUT2D eigenvalue weighted by molar-refractivity contribution is -0.142. The molecule has 0 fully saturated rings. The first-order chi connectivity index (χ1) is 15.7. The summed E-state index contributed by atoms with van der Waals surface area (Å²) in [4.78, 5) is 11.8. The monoisotopic (exact) mass is 506 g/mol. The van der Waals surface area contributed by atoms with Crippen LogP contribution in [0.15, 0.2) is 35.6 Å². The lowest BCUT2D eigenvalue weighted by Gasteiger charge is -2.22. The Balaban J connectivity index is 1.87. The molecule has 0 aliphatic carbocycles. The number of hydrogen-bond acceptors (Lipinski definition) is 6. The van der Waals surface area contributed by atoms with Crippen molar-refractivity contribution in [1.82, 2.24) is 24.3 Å². The van der Waals surface area contributed by atoms with Crippen molar-refractivity contribution in [3.63, 3.8) is 0 Å². The molecular weight excluding hydrogens is 490 g/mol. The van der Waals surface area contributed by atoms with Crippen molar-refractivity contribution in [2.45, 2.75) is 30.9 Å². The molecule has 0 radical (unpaired) electrons. The number of nitrogens with zero attached hydrogens (tertiary/aromatic N) is 6. The summed E-state index contributed by atoms with van der Waals surface area (Å²) in [6.07, 6.45) is -6.22. The predicted molar refractivity (Wildman–Crippen MR) is 109 cm³/mol. The van der Waals surface area contributed by atoms with Gasteiger partial charge in [0.1, 0.15) is 22.5 Å². The van der Waals surface area contributed by atoms with E-state index in [1.807, 2.05) is 0 Å². The summed E-state index contributed by atoms with van der Waals surface area (Å²) in [7, 11) is -2.31. The van der Waals surface area contributed by atoms with Gasteiger partial charge in [0.25, 0.3) is 0 Å². The highest BCUT2D eigenvalue weighted by Gasteiger charge is 2.37. The number of halogens is 6. The molecule has 8 nitrogen and oxygen atoms in total. The number of rotatable bonds is 4. The van der Waals surface area contributed by atoms with Gasteiger partial charge in [0.2, 0.25) is 0 Å². The van der Waals surface area contributed by atoms with Crippen LogP contribution in [0.1, 0.15) is 30.6 Å². The maximum Gasteiger partial charge on any atom is 0.435 e. The van der Waals surface area contributed by atoms with Crippen LogP contribution in [0.3, 0.4) is 0 Å². The maximum atomic E-state index is 13.1. The Morgan fingerprint density at radius 2 is 1.79 bits per heavy atom. The minimum absolute atomic E-state index is 0.0491. The smallest absolute Gasteiger partial charge is 0.325 e. The van der Waals surface area contributed by atoms with E-state index in [0.717, 1.165) is 29.2 Å². The molecule has 1 aliphatic heterocycles. The van der Waals surface area contributed by atoms with Crippen molar-refractivity contribution in [3.8, 4) is 0 Å². The Morgan fingerprint density at radius 1 is 1.12 bits per heavy atom. The van der Waals surface area contributed by atoms with Gasteiger partial charge < -0.3 is 4.57 Å². The van der Waals surface area contributed by atoms with E-state index < -0.39 is 38.8 Å². The molecule has 1 atom stereocenters. The van der Waals surface area contributed by atoms with E-state index in [4.69, 9.17) is 0 Å². The molecule has 4 heterocycles. The second-order valence-electron chi connectivity index (χ2n) is 7.43. The first-order valence-electron chi connectivity index (χ1n) is 9.76. The molecule has 0 amide bonds. The van der Waals surface area contributed by atoms with E-state index in [0.29, 0.717) is 0 Å². The molecule has 3 aromatic rings. The fourth-order valence-corrected chi connectivity index (χ4v) is 4.79. The summed E-state index contributed by atoms with van der Waals surface area (Å²) in [5.74, 6) is -0.384. The number of aryl methyl sites for hydroxylation is 1. The number of aliphatic imine (C=N–C) groups is 1. The highest BCUT2D eigenvalue weighted by atomic mass is 32.2. The summed E-state index contributed by atoms with van der Waals surface area (Å²) >= 11 is 0. The average Bonchev–Trinajstić information content (AvgIpc) is 3.38. The summed E-state index contributed by atoms with van der Waals surface area (Å²) in [5, 5.41) is 2.24. The van der Waals surface area contributed by atoms with Gasteiger partial charge in [0.15, 0.2) is 21.4 Å². The molecule has 0 aromatic carbocycles. The summed E-state index contributed by atoms with van der Waals surface area (Å²) in [6, 6.07) is 1.47. The Kier molecular flexibility index (Phi) is 5.57. The normalized spacial score (nSPS) is 17.7. The minimum Gasteiger partial charge on any atom is -0.325 e. The van der Waals surface area contributed by atoms with Gasteiger partial charge in [0.05, 0.1) is 17.2 Å². The molecule has 0 bridgehead atoms. The quantitative estimate of drug-likeness (QED) is 0.503. The van der Waals surface area contributed by atoms with Crippen molar-refractivity contribution in [2.75, 3.05) is 5.75 Å². The summed E-state index contributed by atoms with van der Waals surface area (Å²) in [6.45, 7) is 1.42. The summed E-state index contributed by atoms with van der Waals surface area (Å²) in [5.41, 5.74) is -2.36. The van der Waals surface area contributed by atoms with Crippen molar-refractivity contribution in [1.29, 1.82) is 0 Å². The van der Waals surface area contributed by atoms with E-state index in [9.17, 15) is 34.8 Å². The van der Waals surface area contributed by atoms with Crippen LogP contribution in [0.2, 0.25) is 0 Å². The molecule has 3 aromatic heterocycles. The van der Waals surface area contributed by atoms with Gasteiger partial charge >= 0.3 is 12.4 Å². The lowest BCUT2D eigenvalue weighted by Crippen LogP contribution is -2.35. The van der Waals surface area contributed by atoms with Crippen molar-refractivity contribution in [3.05, 3.63) is 47.8 Å². The summed E-state index contributed by atoms with van der Waals surface area (Å²) < 4.78 is 106. The van der Waals surface area contributed by atoms with Gasteiger partial charge in [-0.2, -0.15) is 31.4 Å². The topological polar surface area (TPSA) is 95.0 Å². The molecule has 4 rings (SSSR count). The number of sulfone groups is 1. The first-order valence-corrected chi connectivity index (χ1v) is 11.5. The zero-order valence-corrected chi connectivity index (χ0v) is 18.4. The SMILES string of the molecule is CCS(=O)(=O)C1CC=C(n2ccc(C(F)(F)F)n2)N=C1c1nc2cc(C(F)(F)F)ncc2n1C. The van der Waals surface area contributed by atoms with Crippen molar-refractivity contribution in [2.24, 2.45) is 12.0 Å². The van der Waals surface area contributed by atoms with Gasteiger partial charge in [-0.15, -0.1) is 0 Å². The van der Waals surface area contributed by atoms with E-state index in [-0.39, 0.29) is 40.6 Å². The predicted octanol–water partition coefficient (Wildman–Crippen LogP) is 3.70. The van der Waals surface area contributed by atoms with Crippen LogP contribution in [-0.4, -0.2) is 49.4 Å². The van der Waals surface area contributed by atoms with Gasteiger partial charge in [-0.1, -0.05) is 6.92 Å². The largest absolute Gasteiger partial charge is 0.435 e. The molecule has 0 N–H and O–H groups in total. The van der Waals surface area contributed by atoms with Crippen LogP contribution in [0.25, 0.3) is 16.9 Å². The van der Waals surface area contributed by atoms with Crippen LogP contribution in [-0.2, 0) is 29.2 Å². The van der Waals surface area contributed by atoms with Gasteiger partial charge in [-0.25, -0.2) is 28.1 Å². The Labute approximate surface area is 188 Å². The fourth-order valence-electron chi connectivity index (χ4n) is 3.50. The molecule has 34 heavy (non-hydrogen) atoms. The highest BCUT2D eigenvalue weighted by Crippen LogP contribution is 2.32. The average molecular weight is 506 g/mol. The zero-order chi connectivity index (χ0) is 25.1. The number of fused-ring (bicyclic) bond motifs is 1. The van der Waals surface area contributed by atoms with Crippen LogP contribution < -0.4 is 0 Å². The van der Waals surface area contributed by atoms with Crippen LogP contribution in [0.4, 0.5) is 26.3 Å². The number of hydrogen-bond donors (Lipinski definition) is 0. The molecule has 0 spiro atoms. The third-order valence-electron chi connectivity index (χ3n) is 5.29. The molecule has 0 saturated carbocycles. The molecule has 15 heteroatoms. The minimum atomic E-state index is -4.71. The van der Waals surface area contributed by atoms with Gasteiger partial charge in [-0.3, -0.25) is 0 Å². The van der Waals surface area contributed by atoms with Gasteiger partial charge in [-0.05, 0) is 24.6 Å². The van der Waals surface area contributed by atoms with Gasteiger partial charge in [0, 0.05) is 19.0 Å². The number of imidazole rings is 1. The van der Waals surface area contributed by atoms with Crippen LogP contribution >= 0.6 is 0 Å². The zero-order valence-electron chi connectivity index (χ0n) is 17.6. The second-order valence-corrected chi connectivity index (χ2v) is 9.90. The molecular formula is C19H16F6N6O2S. The number of aromatic nitrogens is 5. The third kappa shape index (κ3) is 4.19. The second kappa shape index (κ2) is 7.92. The van der Waals surface area contributed by atoms with E-state index in [2.05, 4.69) is 20.1 Å². The highest BCUT2D eigenvalue weighted by molar-refractivity contribution is 7.92. The van der Waals surface area contributed by atoms with E-state index in [1.165, 1.54) is 24.6 Å². The number of alkyl halides is 6. The van der Waals surface area contributed by atoms with E-state index >= 15 is 0 Å². The first kappa shape index (κ1) is 23.9. The van der Waals surface area contributed by atoms with Crippen molar-refractivity contribution < 1.29 is 34.8 Å². The molecule has 0 saturated heterocycles. The molecule has 1 aliphatic rings. The Morgan fingerprint density at radius 3 is 2.38 bits per heavy atom. The number of allylic oxidation sites excluding steroid dienone is 1. The third-order valence-corrected chi connectivity index (χ3v) is 7.38. The molecule has 182 valence electrons. The standard InChI is InChI=1S/C19H16F6N6O2S/c1-3-34(32,33)12-4-5-15(31-7-6-13(29-31)18(20,21)22)28-16(12)17-27-10-8-14(19(23,24)25)26-9-11(10)30(17)2/h5-9,12H,3-4H2,1-2H3. The fraction of sp³-hybridized carbons (Fsp3) is 0.368. The van der Waals surface area contributed by atoms with Crippen molar-refractivity contribution >= 4 is 32.4 Å². The maximum absolute atomic E-state index is 13.1. The molecule has 1 unspecified atom stereocenters. The van der Waals surface area contributed by atoms with E-state index in [1.54, 1.807) is 0 Å². The van der Waals surface area contributed by atoms with Crippen LogP contribution in [0, 0.1) is 0 Å². The van der Waals surface area contributed by atoms with Crippen LogP contribution in [0.5, 0.6) is 0 Å². The Hall–Kier alpha value is -3.23.